The number of rotatable bonds is 4. The molecular weight excluding hydrogens is 278 g/mol. The van der Waals surface area contributed by atoms with Gasteiger partial charge in [-0.15, -0.1) is 0 Å². The van der Waals surface area contributed by atoms with Crippen molar-refractivity contribution in [3.63, 3.8) is 0 Å². The summed E-state index contributed by atoms with van der Waals surface area (Å²) in [6.07, 6.45) is 3.39. The van der Waals surface area contributed by atoms with Gasteiger partial charge >= 0.3 is 0 Å². The maximum atomic E-state index is 4.90. The van der Waals surface area contributed by atoms with Crippen molar-refractivity contribution in [2.45, 2.75) is 39.7 Å². The fraction of sp³-hybridized carbons (Fsp3) is 0.471. The van der Waals surface area contributed by atoms with E-state index in [1.165, 1.54) is 40.2 Å². The van der Waals surface area contributed by atoms with Crippen molar-refractivity contribution in [3.8, 4) is 0 Å². The SMILES string of the molecule is CCc1nc(N2CCCc3cc(C)ccc32)sc1CNC. The molecule has 0 radical (unpaired) electrons. The molecule has 0 atom stereocenters. The molecule has 2 aromatic rings. The summed E-state index contributed by atoms with van der Waals surface area (Å²) in [7, 11) is 2.00. The lowest BCUT2D eigenvalue weighted by atomic mass is 10.00. The molecule has 2 heterocycles. The second-order valence-electron chi connectivity index (χ2n) is 5.64. The molecule has 0 unspecified atom stereocenters. The molecular formula is C17H23N3S. The van der Waals surface area contributed by atoms with Crippen LogP contribution < -0.4 is 10.2 Å². The summed E-state index contributed by atoms with van der Waals surface area (Å²) in [5, 5.41) is 4.41. The summed E-state index contributed by atoms with van der Waals surface area (Å²) in [6.45, 7) is 6.34. The van der Waals surface area contributed by atoms with Crippen LogP contribution in [0.1, 0.15) is 35.0 Å². The Hall–Kier alpha value is -1.39. The second kappa shape index (κ2) is 6.16. The molecule has 1 N–H and O–H groups in total. The Morgan fingerprint density at radius 2 is 2.24 bits per heavy atom. The van der Waals surface area contributed by atoms with Crippen LogP contribution >= 0.6 is 11.3 Å². The van der Waals surface area contributed by atoms with Crippen LogP contribution in [0.15, 0.2) is 18.2 Å². The molecule has 0 spiro atoms. The first-order chi connectivity index (χ1) is 10.2. The van der Waals surface area contributed by atoms with Gasteiger partial charge in [0.15, 0.2) is 5.13 Å². The number of thiazole rings is 1. The second-order valence-corrected chi connectivity index (χ2v) is 6.70. The van der Waals surface area contributed by atoms with E-state index in [1.54, 1.807) is 0 Å². The number of aromatic nitrogens is 1. The average Bonchev–Trinajstić information content (AvgIpc) is 2.89. The molecule has 0 saturated heterocycles. The summed E-state index contributed by atoms with van der Waals surface area (Å²) < 4.78 is 0. The van der Waals surface area contributed by atoms with Gasteiger partial charge in [-0.1, -0.05) is 36.0 Å². The molecule has 4 heteroatoms. The average molecular weight is 301 g/mol. The van der Waals surface area contributed by atoms with Gasteiger partial charge in [-0.05, 0) is 44.9 Å². The van der Waals surface area contributed by atoms with Crippen LogP contribution in [0.25, 0.3) is 0 Å². The van der Waals surface area contributed by atoms with Crippen LogP contribution in [0, 0.1) is 6.92 Å². The van der Waals surface area contributed by atoms with Gasteiger partial charge in [-0.2, -0.15) is 0 Å². The fourth-order valence-electron chi connectivity index (χ4n) is 2.98. The molecule has 1 aromatic carbocycles. The maximum absolute atomic E-state index is 4.90. The van der Waals surface area contributed by atoms with E-state index < -0.39 is 0 Å². The Bertz CT molecular complexity index is 633. The molecule has 0 saturated carbocycles. The number of anilines is 2. The van der Waals surface area contributed by atoms with Crippen molar-refractivity contribution >= 4 is 22.2 Å². The topological polar surface area (TPSA) is 28.2 Å². The lowest BCUT2D eigenvalue weighted by molar-refractivity contribution is 0.762. The number of benzene rings is 1. The number of nitrogens with one attached hydrogen (secondary N) is 1. The van der Waals surface area contributed by atoms with Crippen LogP contribution in [-0.4, -0.2) is 18.6 Å². The van der Waals surface area contributed by atoms with Gasteiger partial charge in [0, 0.05) is 23.7 Å². The predicted octanol–water partition coefficient (Wildman–Crippen LogP) is 3.82. The van der Waals surface area contributed by atoms with E-state index >= 15 is 0 Å². The van der Waals surface area contributed by atoms with Crippen molar-refractivity contribution < 1.29 is 0 Å². The molecule has 0 amide bonds. The van der Waals surface area contributed by atoms with Crippen molar-refractivity contribution in [3.05, 3.63) is 39.9 Å². The van der Waals surface area contributed by atoms with E-state index in [2.05, 4.69) is 42.3 Å². The molecule has 21 heavy (non-hydrogen) atoms. The fourth-order valence-corrected chi connectivity index (χ4v) is 4.19. The number of fused-ring (bicyclic) bond motifs is 1. The van der Waals surface area contributed by atoms with E-state index in [4.69, 9.17) is 4.98 Å². The lowest BCUT2D eigenvalue weighted by Crippen LogP contribution is -2.24. The third-order valence-corrected chi connectivity index (χ3v) is 5.14. The van der Waals surface area contributed by atoms with E-state index in [9.17, 15) is 0 Å². The highest BCUT2D eigenvalue weighted by Crippen LogP contribution is 2.37. The van der Waals surface area contributed by atoms with Crippen molar-refractivity contribution in [1.82, 2.24) is 10.3 Å². The highest BCUT2D eigenvalue weighted by Gasteiger charge is 2.22. The van der Waals surface area contributed by atoms with Crippen molar-refractivity contribution in [2.24, 2.45) is 0 Å². The van der Waals surface area contributed by atoms with Crippen molar-refractivity contribution in [2.75, 3.05) is 18.5 Å². The molecule has 3 rings (SSSR count). The molecule has 0 fully saturated rings. The molecule has 112 valence electrons. The van der Waals surface area contributed by atoms with Gasteiger partial charge in [0.1, 0.15) is 0 Å². The maximum Gasteiger partial charge on any atom is 0.190 e. The summed E-state index contributed by atoms with van der Waals surface area (Å²) in [5.41, 5.74) is 5.40. The van der Waals surface area contributed by atoms with E-state index in [0.29, 0.717) is 0 Å². The third kappa shape index (κ3) is 2.83. The summed E-state index contributed by atoms with van der Waals surface area (Å²) in [5.74, 6) is 0. The highest BCUT2D eigenvalue weighted by molar-refractivity contribution is 7.15. The summed E-state index contributed by atoms with van der Waals surface area (Å²) in [4.78, 5) is 8.67. The predicted molar refractivity (Wildman–Crippen MR) is 90.8 cm³/mol. The minimum absolute atomic E-state index is 0.912. The monoisotopic (exact) mass is 301 g/mol. The Balaban J connectivity index is 1.98. The number of hydrogen-bond acceptors (Lipinski definition) is 4. The zero-order valence-electron chi connectivity index (χ0n) is 13.1. The standard InChI is InChI=1S/C17H23N3S/c1-4-14-16(11-18-3)21-17(19-14)20-9-5-6-13-10-12(2)7-8-15(13)20/h7-8,10,18H,4-6,9,11H2,1-3H3. The van der Waals surface area contributed by atoms with Gasteiger partial charge in [-0.25, -0.2) is 4.98 Å². The van der Waals surface area contributed by atoms with E-state index in [0.717, 1.165) is 24.6 Å². The van der Waals surface area contributed by atoms with E-state index in [1.807, 2.05) is 18.4 Å². The lowest BCUT2D eigenvalue weighted by Gasteiger charge is -2.29. The quantitative estimate of drug-likeness (QED) is 0.930. The smallest absolute Gasteiger partial charge is 0.190 e. The van der Waals surface area contributed by atoms with Crippen LogP contribution in [0.3, 0.4) is 0 Å². The van der Waals surface area contributed by atoms with Gasteiger partial charge in [0.2, 0.25) is 0 Å². The molecule has 1 aliphatic heterocycles. The molecule has 1 aromatic heterocycles. The van der Waals surface area contributed by atoms with Crippen LogP contribution in [0.4, 0.5) is 10.8 Å². The summed E-state index contributed by atoms with van der Waals surface area (Å²) >= 11 is 1.84. The minimum atomic E-state index is 0.912. The van der Waals surface area contributed by atoms with E-state index in [-0.39, 0.29) is 0 Å². The third-order valence-electron chi connectivity index (χ3n) is 4.02. The normalized spacial score (nSPS) is 14.3. The largest absolute Gasteiger partial charge is 0.318 e. The number of aryl methyl sites for hydroxylation is 3. The number of hydrogen-bond donors (Lipinski definition) is 1. The molecule has 0 bridgehead atoms. The minimum Gasteiger partial charge on any atom is -0.318 e. The molecule has 0 aliphatic carbocycles. The zero-order chi connectivity index (χ0) is 14.8. The van der Waals surface area contributed by atoms with Crippen LogP contribution in [-0.2, 0) is 19.4 Å². The van der Waals surface area contributed by atoms with Gasteiger partial charge in [-0.3, -0.25) is 0 Å². The van der Waals surface area contributed by atoms with Gasteiger partial charge < -0.3 is 10.2 Å². The molecule has 3 nitrogen and oxygen atoms in total. The van der Waals surface area contributed by atoms with Crippen molar-refractivity contribution in [1.29, 1.82) is 0 Å². The Morgan fingerprint density at radius 1 is 1.38 bits per heavy atom. The van der Waals surface area contributed by atoms with Gasteiger partial charge in [0.25, 0.3) is 0 Å². The zero-order valence-corrected chi connectivity index (χ0v) is 13.9. The van der Waals surface area contributed by atoms with Gasteiger partial charge in [0.05, 0.1) is 5.69 Å². The highest BCUT2D eigenvalue weighted by atomic mass is 32.1. The molecule has 1 aliphatic rings. The Morgan fingerprint density at radius 3 is 3.00 bits per heavy atom. The first kappa shape index (κ1) is 14.5. The Labute approximate surface area is 131 Å². The summed E-state index contributed by atoms with van der Waals surface area (Å²) in [6, 6.07) is 6.79. The first-order valence-electron chi connectivity index (χ1n) is 7.73. The first-order valence-corrected chi connectivity index (χ1v) is 8.54. The van der Waals surface area contributed by atoms with Crippen LogP contribution in [0.2, 0.25) is 0 Å². The van der Waals surface area contributed by atoms with Crippen LogP contribution in [0.5, 0.6) is 0 Å². The Kier molecular flexibility index (Phi) is 4.27. The number of nitrogens with zero attached hydrogens (tertiary/aromatic N) is 2.